The summed E-state index contributed by atoms with van der Waals surface area (Å²) in [4.78, 5) is 47.4. The SMILES string of the molecule is CN(C(=O)OC(C)(C)C)c1ncc(C2=CC(=O)CCC2)nc1-c1ccc(C(=O)OC(C)(C)C)c(F)c1. The van der Waals surface area contributed by atoms with Crippen molar-refractivity contribution in [3.05, 3.63) is 47.5 Å². The minimum atomic E-state index is -0.799. The maximum Gasteiger partial charge on any atom is 0.415 e. The lowest BCUT2D eigenvalue weighted by Gasteiger charge is -2.25. The van der Waals surface area contributed by atoms with Crippen LogP contribution in [0.2, 0.25) is 0 Å². The lowest BCUT2D eigenvalue weighted by Crippen LogP contribution is -2.35. The van der Waals surface area contributed by atoms with Crippen molar-refractivity contribution in [3.63, 3.8) is 0 Å². The lowest BCUT2D eigenvalue weighted by molar-refractivity contribution is -0.114. The van der Waals surface area contributed by atoms with Crippen molar-refractivity contribution in [1.82, 2.24) is 9.97 Å². The maximum absolute atomic E-state index is 15.1. The number of esters is 1. The second kappa shape index (κ2) is 10.2. The zero-order chi connectivity index (χ0) is 26.8. The molecule has 8 nitrogen and oxygen atoms in total. The normalized spacial score (nSPS) is 14.2. The third-order valence-electron chi connectivity index (χ3n) is 5.13. The third-order valence-corrected chi connectivity index (χ3v) is 5.13. The van der Waals surface area contributed by atoms with Gasteiger partial charge in [-0.05, 0) is 78.2 Å². The van der Waals surface area contributed by atoms with Gasteiger partial charge < -0.3 is 9.47 Å². The number of carbonyl (C=O) groups excluding carboxylic acids is 3. The summed E-state index contributed by atoms with van der Waals surface area (Å²) in [7, 11) is 1.48. The van der Waals surface area contributed by atoms with Crippen LogP contribution in [0, 0.1) is 5.82 Å². The molecule has 0 fully saturated rings. The van der Waals surface area contributed by atoms with Crippen LogP contribution in [-0.2, 0) is 14.3 Å². The van der Waals surface area contributed by atoms with Gasteiger partial charge in [0.15, 0.2) is 11.6 Å². The summed E-state index contributed by atoms with van der Waals surface area (Å²) < 4.78 is 25.8. The van der Waals surface area contributed by atoms with E-state index >= 15 is 4.39 Å². The summed E-state index contributed by atoms with van der Waals surface area (Å²) in [6, 6.07) is 3.98. The molecule has 1 aliphatic carbocycles. The van der Waals surface area contributed by atoms with Crippen molar-refractivity contribution < 1.29 is 28.2 Å². The van der Waals surface area contributed by atoms with Crippen molar-refractivity contribution >= 4 is 29.2 Å². The number of aromatic nitrogens is 2. The Hall–Kier alpha value is -3.62. The van der Waals surface area contributed by atoms with Gasteiger partial charge in [-0.2, -0.15) is 0 Å². The molecule has 1 heterocycles. The van der Waals surface area contributed by atoms with Crippen LogP contribution in [0.3, 0.4) is 0 Å². The van der Waals surface area contributed by atoms with Crippen molar-refractivity contribution in [2.24, 2.45) is 0 Å². The second-order valence-corrected chi connectivity index (χ2v) is 10.7. The number of nitrogens with zero attached hydrogens (tertiary/aromatic N) is 3. The van der Waals surface area contributed by atoms with Crippen LogP contribution >= 0.6 is 0 Å². The Morgan fingerprint density at radius 3 is 2.28 bits per heavy atom. The Morgan fingerprint density at radius 1 is 1.03 bits per heavy atom. The maximum atomic E-state index is 15.1. The first-order valence-corrected chi connectivity index (χ1v) is 11.8. The number of ketones is 1. The third kappa shape index (κ3) is 6.74. The molecule has 192 valence electrons. The van der Waals surface area contributed by atoms with Crippen molar-refractivity contribution in [2.75, 3.05) is 11.9 Å². The Balaban J connectivity index is 2.09. The molecule has 9 heteroatoms. The fourth-order valence-electron chi connectivity index (χ4n) is 3.55. The molecule has 0 saturated heterocycles. The van der Waals surface area contributed by atoms with Crippen molar-refractivity contribution in [2.45, 2.75) is 72.0 Å². The quantitative estimate of drug-likeness (QED) is 0.496. The molecule has 0 unspecified atom stereocenters. The smallest absolute Gasteiger partial charge is 0.415 e. The van der Waals surface area contributed by atoms with E-state index in [2.05, 4.69) is 9.97 Å². The molecule has 1 aromatic heterocycles. The van der Waals surface area contributed by atoms with Crippen LogP contribution in [0.5, 0.6) is 0 Å². The van der Waals surface area contributed by atoms with Crippen LogP contribution in [0.1, 0.15) is 76.9 Å². The van der Waals surface area contributed by atoms with Crippen LogP contribution in [-0.4, -0.2) is 46.1 Å². The van der Waals surface area contributed by atoms with Crippen molar-refractivity contribution in [3.8, 4) is 11.3 Å². The predicted octanol–water partition coefficient (Wildman–Crippen LogP) is 5.75. The van der Waals surface area contributed by atoms with E-state index in [0.717, 1.165) is 11.6 Å². The number of carbonyl (C=O) groups is 3. The average molecular weight is 498 g/mol. The first kappa shape index (κ1) is 27.0. The number of rotatable bonds is 4. The molecular weight excluding hydrogens is 465 g/mol. The fourth-order valence-corrected chi connectivity index (χ4v) is 3.55. The van der Waals surface area contributed by atoms with Gasteiger partial charge in [0.2, 0.25) is 0 Å². The van der Waals surface area contributed by atoms with E-state index in [1.807, 2.05) is 0 Å². The lowest BCUT2D eigenvalue weighted by atomic mass is 9.96. The highest BCUT2D eigenvalue weighted by atomic mass is 19.1. The number of hydrogen-bond donors (Lipinski definition) is 0. The topological polar surface area (TPSA) is 98.7 Å². The largest absolute Gasteiger partial charge is 0.456 e. The van der Waals surface area contributed by atoms with Gasteiger partial charge in [0.1, 0.15) is 22.7 Å². The van der Waals surface area contributed by atoms with Crippen molar-refractivity contribution in [1.29, 1.82) is 0 Å². The van der Waals surface area contributed by atoms with Gasteiger partial charge in [0.05, 0.1) is 17.5 Å². The van der Waals surface area contributed by atoms with Gasteiger partial charge in [0, 0.05) is 19.0 Å². The molecule has 1 amide bonds. The van der Waals surface area contributed by atoms with Crippen LogP contribution in [0.15, 0.2) is 30.5 Å². The molecule has 0 aliphatic heterocycles. The van der Waals surface area contributed by atoms with E-state index in [4.69, 9.17) is 9.47 Å². The highest BCUT2D eigenvalue weighted by Crippen LogP contribution is 2.32. The number of allylic oxidation sites excluding steroid dienone is 2. The molecule has 36 heavy (non-hydrogen) atoms. The highest BCUT2D eigenvalue weighted by molar-refractivity contribution is 5.98. The first-order chi connectivity index (χ1) is 16.6. The molecule has 1 aromatic carbocycles. The van der Waals surface area contributed by atoms with Gasteiger partial charge in [-0.1, -0.05) is 6.07 Å². The minimum absolute atomic E-state index is 0.00214. The van der Waals surface area contributed by atoms with Gasteiger partial charge in [-0.15, -0.1) is 0 Å². The number of benzene rings is 1. The Kier molecular flexibility index (Phi) is 7.62. The van der Waals surface area contributed by atoms with E-state index in [1.165, 1.54) is 30.3 Å². The molecule has 0 saturated carbocycles. The van der Waals surface area contributed by atoms with Gasteiger partial charge >= 0.3 is 12.1 Å². The molecule has 0 radical (unpaired) electrons. The summed E-state index contributed by atoms with van der Waals surface area (Å²) in [6.45, 7) is 10.3. The number of anilines is 1. The first-order valence-electron chi connectivity index (χ1n) is 11.8. The summed E-state index contributed by atoms with van der Waals surface area (Å²) in [5.74, 6) is -1.45. The van der Waals surface area contributed by atoms with Gasteiger partial charge in [-0.25, -0.2) is 23.9 Å². The van der Waals surface area contributed by atoms with Crippen LogP contribution < -0.4 is 4.90 Å². The van der Waals surface area contributed by atoms with Gasteiger partial charge in [-0.3, -0.25) is 9.69 Å². The molecule has 0 spiro atoms. The summed E-state index contributed by atoms with van der Waals surface area (Å²) in [5.41, 5.74) is -0.0745. The minimum Gasteiger partial charge on any atom is -0.456 e. The summed E-state index contributed by atoms with van der Waals surface area (Å²) in [5, 5.41) is 0. The Bertz CT molecular complexity index is 1220. The number of ether oxygens (including phenoxy) is 2. The van der Waals surface area contributed by atoms with E-state index in [1.54, 1.807) is 47.6 Å². The Labute approximate surface area is 210 Å². The Morgan fingerprint density at radius 2 is 1.69 bits per heavy atom. The van der Waals surface area contributed by atoms with E-state index in [9.17, 15) is 14.4 Å². The second-order valence-electron chi connectivity index (χ2n) is 10.7. The van der Waals surface area contributed by atoms with E-state index < -0.39 is 29.1 Å². The summed E-state index contributed by atoms with van der Waals surface area (Å²) >= 11 is 0. The zero-order valence-electron chi connectivity index (χ0n) is 21.8. The summed E-state index contributed by atoms with van der Waals surface area (Å²) in [6.07, 6.45) is 4.17. The van der Waals surface area contributed by atoms with Crippen LogP contribution in [0.25, 0.3) is 16.8 Å². The molecule has 0 N–H and O–H groups in total. The molecule has 0 atom stereocenters. The molecule has 3 rings (SSSR count). The molecule has 1 aliphatic rings. The van der Waals surface area contributed by atoms with E-state index in [-0.39, 0.29) is 22.9 Å². The molecule has 2 aromatic rings. The molecule has 0 bridgehead atoms. The number of halogens is 1. The predicted molar refractivity (Wildman–Crippen MR) is 134 cm³/mol. The number of hydrogen-bond acceptors (Lipinski definition) is 7. The monoisotopic (exact) mass is 497 g/mol. The highest BCUT2D eigenvalue weighted by Gasteiger charge is 2.27. The standard InChI is InChI=1S/C27H32FN3O5/c1-26(2,3)35-24(33)19-12-11-17(14-20(19)28)22-23(31(7)25(34)36-27(4,5)6)29-15-21(30-22)16-9-8-10-18(32)13-16/h11-15H,8-10H2,1-7H3. The van der Waals surface area contributed by atoms with Crippen LogP contribution in [0.4, 0.5) is 15.0 Å². The number of amides is 1. The average Bonchev–Trinajstić information content (AvgIpc) is 2.75. The zero-order valence-corrected chi connectivity index (χ0v) is 21.8. The van der Waals surface area contributed by atoms with E-state index in [0.29, 0.717) is 30.5 Å². The fraction of sp³-hybridized carbons (Fsp3) is 0.444. The van der Waals surface area contributed by atoms with Gasteiger partial charge in [0.25, 0.3) is 0 Å². The molecular formula is C27H32FN3O5.